The molecule has 0 saturated carbocycles. The Hall–Kier alpha value is -0.120. The molecule has 0 aromatic carbocycles. The average Bonchev–Trinajstić information content (AvgIpc) is 2.47. The third-order valence-electron chi connectivity index (χ3n) is 3.70. The fraction of sp³-hybridized carbons (Fsp3) is 1.00. The molecule has 0 spiro atoms. The van der Waals surface area contributed by atoms with Crippen LogP contribution in [0.1, 0.15) is 34.1 Å². The summed E-state index contributed by atoms with van der Waals surface area (Å²) in [6.45, 7) is 14.7. The average molecular weight is 226 g/mol. The standard InChI is InChI=1S/C13H26N2O/c1-11-7-15(9-12(2,3)16-11)10-13(4)5-6-14-8-13/h11,14H,5-10H2,1-4H3. The van der Waals surface area contributed by atoms with Gasteiger partial charge in [0.15, 0.2) is 0 Å². The summed E-state index contributed by atoms with van der Waals surface area (Å²) in [5.74, 6) is 0. The maximum atomic E-state index is 5.94. The first-order chi connectivity index (χ1) is 7.39. The summed E-state index contributed by atoms with van der Waals surface area (Å²) in [5.41, 5.74) is 0.479. The molecule has 2 saturated heterocycles. The number of nitrogens with zero attached hydrogens (tertiary/aromatic N) is 1. The molecule has 2 unspecified atom stereocenters. The topological polar surface area (TPSA) is 24.5 Å². The molecule has 0 radical (unpaired) electrons. The Morgan fingerprint density at radius 3 is 2.69 bits per heavy atom. The maximum absolute atomic E-state index is 5.94. The van der Waals surface area contributed by atoms with E-state index < -0.39 is 0 Å². The SMILES string of the molecule is CC1CN(CC2(C)CCNC2)CC(C)(C)O1. The zero-order valence-electron chi connectivity index (χ0n) is 11.2. The second-order valence-electron chi connectivity index (χ2n) is 6.60. The van der Waals surface area contributed by atoms with Gasteiger partial charge < -0.3 is 10.1 Å². The molecule has 94 valence electrons. The highest BCUT2D eigenvalue weighted by atomic mass is 16.5. The molecule has 3 nitrogen and oxygen atoms in total. The number of nitrogens with one attached hydrogen (secondary N) is 1. The van der Waals surface area contributed by atoms with E-state index in [0.29, 0.717) is 11.5 Å². The summed E-state index contributed by atoms with van der Waals surface area (Å²) in [5, 5.41) is 3.48. The molecule has 2 aliphatic heterocycles. The molecule has 2 rings (SSSR count). The molecule has 3 heteroatoms. The van der Waals surface area contributed by atoms with Crippen LogP contribution in [0, 0.1) is 5.41 Å². The fourth-order valence-electron chi connectivity index (χ4n) is 3.25. The summed E-state index contributed by atoms with van der Waals surface area (Å²) < 4.78 is 5.94. The van der Waals surface area contributed by atoms with Gasteiger partial charge in [-0.25, -0.2) is 0 Å². The van der Waals surface area contributed by atoms with Crippen LogP contribution in [0.25, 0.3) is 0 Å². The van der Waals surface area contributed by atoms with E-state index in [1.807, 2.05) is 0 Å². The highest BCUT2D eigenvalue weighted by molar-refractivity contribution is 4.90. The minimum atomic E-state index is 0.0139. The molecular formula is C13H26N2O. The van der Waals surface area contributed by atoms with Crippen molar-refractivity contribution in [3.8, 4) is 0 Å². The van der Waals surface area contributed by atoms with E-state index in [4.69, 9.17) is 4.74 Å². The molecule has 2 aliphatic rings. The number of rotatable bonds is 2. The lowest BCUT2D eigenvalue weighted by molar-refractivity contribution is -0.133. The van der Waals surface area contributed by atoms with Gasteiger partial charge in [-0.05, 0) is 39.2 Å². The van der Waals surface area contributed by atoms with Crippen LogP contribution in [0.15, 0.2) is 0 Å². The Kier molecular flexibility index (Phi) is 3.30. The smallest absolute Gasteiger partial charge is 0.0757 e. The van der Waals surface area contributed by atoms with E-state index in [2.05, 4.69) is 37.9 Å². The zero-order chi connectivity index (χ0) is 11.8. The summed E-state index contributed by atoms with van der Waals surface area (Å²) in [6, 6.07) is 0. The van der Waals surface area contributed by atoms with Crippen LogP contribution in [0.2, 0.25) is 0 Å². The lowest BCUT2D eigenvalue weighted by Crippen LogP contribution is -2.54. The van der Waals surface area contributed by atoms with E-state index in [9.17, 15) is 0 Å². The highest BCUT2D eigenvalue weighted by Gasteiger charge is 2.36. The Morgan fingerprint density at radius 1 is 1.38 bits per heavy atom. The zero-order valence-corrected chi connectivity index (χ0v) is 11.2. The molecule has 2 fully saturated rings. The van der Waals surface area contributed by atoms with Crippen LogP contribution in [-0.4, -0.2) is 49.3 Å². The molecule has 0 aliphatic carbocycles. The molecular weight excluding hydrogens is 200 g/mol. The normalized spacial score (nSPS) is 40.1. The number of morpholine rings is 1. The van der Waals surface area contributed by atoms with Gasteiger partial charge in [0.05, 0.1) is 11.7 Å². The van der Waals surface area contributed by atoms with Crippen molar-refractivity contribution in [2.45, 2.75) is 45.8 Å². The lowest BCUT2D eigenvalue weighted by Gasteiger charge is -2.44. The molecule has 0 amide bonds. The molecule has 0 bridgehead atoms. The van der Waals surface area contributed by atoms with E-state index >= 15 is 0 Å². The molecule has 0 aromatic rings. The van der Waals surface area contributed by atoms with Gasteiger partial charge in [-0.1, -0.05) is 6.92 Å². The van der Waals surface area contributed by atoms with Crippen LogP contribution in [-0.2, 0) is 4.74 Å². The van der Waals surface area contributed by atoms with E-state index in [-0.39, 0.29) is 5.60 Å². The van der Waals surface area contributed by atoms with E-state index in [0.717, 1.165) is 13.1 Å². The first-order valence-electron chi connectivity index (χ1n) is 6.50. The van der Waals surface area contributed by atoms with Crippen molar-refractivity contribution in [1.29, 1.82) is 0 Å². The summed E-state index contributed by atoms with van der Waals surface area (Å²) in [7, 11) is 0. The van der Waals surface area contributed by atoms with Crippen LogP contribution >= 0.6 is 0 Å². The van der Waals surface area contributed by atoms with Gasteiger partial charge >= 0.3 is 0 Å². The summed E-state index contributed by atoms with van der Waals surface area (Å²) >= 11 is 0. The van der Waals surface area contributed by atoms with E-state index in [1.54, 1.807) is 0 Å². The molecule has 16 heavy (non-hydrogen) atoms. The van der Waals surface area contributed by atoms with Crippen molar-refractivity contribution in [2.24, 2.45) is 5.41 Å². The van der Waals surface area contributed by atoms with Crippen molar-refractivity contribution in [3.63, 3.8) is 0 Å². The summed E-state index contributed by atoms with van der Waals surface area (Å²) in [4.78, 5) is 2.58. The van der Waals surface area contributed by atoms with Crippen LogP contribution in [0.4, 0.5) is 0 Å². The van der Waals surface area contributed by atoms with Crippen LogP contribution in [0.3, 0.4) is 0 Å². The highest BCUT2D eigenvalue weighted by Crippen LogP contribution is 2.29. The van der Waals surface area contributed by atoms with Crippen molar-refractivity contribution in [2.75, 3.05) is 32.7 Å². The lowest BCUT2D eigenvalue weighted by atomic mass is 9.88. The quantitative estimate of drug-likeness (QED) is 0.772. The molecule has 2 heterocycles. The van der Waals surface area contributed by atoms with Crippen molar-refractivity contribution < 1.29 is 4.74 Å². The predicted octanol–water partition coefficient (Wildman–Crippen LogP) is 1.49. The Bertz CT molecular complexity index is 246. The van der Waals surface area contributed by atoms with Gasteiger partial charge in [-0.3, -0.25) is 4.90 Å². The maximum Gasteiger partial charge on any atom is 0.0757 e. The molecule has 1 N–H and O–H groups in total. The first-order valence-corrected chi connectivity index (χ1v) is 6.50. The largest absolute Gasteiger partial charge is 0.370 e. The van der Waals surface area contributed by atoms with Gasteiger partial charge in [-0.2, -0.15) is 0 Å². The third-order valence-corrected chi connectivity index (χ3v) is 3.70. The minimum absolute atomic E-state index is 0.0139. The molecule has 2 atom stereocenters. The Labute approximate surface area is 99.5 Å². The number of hydrogen-bond donors (Lipinski definition) is 1. The van der Waals surface area contributed by atoms with Gasteiger partial charge in [0.1, 0.15) is 0 Å². The van der Waals surface area contributed by atoms with Crippen molar-refractivity contribution in [1.82, 2.24) is 10.2 Å². The van der Waals surface area contributed by atoms with Crippen LogP contribution < -0.4 is 5.32 Å². The Balaban J connectivity index is 1.94. The number of hydrogen-bond acceptors (Lipinski definition) is 3. The molecule has 0 aromatic heterocycles. The number of ether oxygens (including phenoxy) is 1. The van der Waals surface area contributed by atoms with E-state index in [1.165, 1.54) is 26.1 Å². The minimum Gasteiger partial charge on any atom is -0.370 e. The van der Waals surface area contributed by atoms with Crippen molar-refractivity contribution in [3.05, 3.63) is 0 Å². The van der Waals surface area contributed by atoms with Gasteiger partial charge in [-0.15, -0.1) is 0 Å². The third kappa shape index (κ3) is 2.96. The van der Waals surface area contributed by atoms with Gasteiger partial charge in [0, 0.05) is 26.2 Å². The van der Waals surface area contributed by atoms with Gasteiger partial charge in [0.25, 0.3) is 0 Å². The predicted molar refractivity (Wildman–Crippen MR) is 66.7 cm³/mol. The van der Waals surface area contributed by atoms with Crippen LogP contribution in [0.5, 0.6) is 0 Å². The second kappa shape index (κ2) is 4.28. The summed E-state index contributed by atoms with van der Waals surface area (Å²) in [6.07, 6.45) is 1.67. The van der Waals surface area contributed by atoms with Crippen molar-refractivity contribution >= 4 is 0 Å². The monoisotopic (exact) mass is 226 g/mol. The fourth-order valence-corrected chi connectivity index (χ4v) is 3.25. The first kappa shape index (κ1) is 12.3. The Morgan fingerprint density at radius 2 is 2.12 bits per heavy atom. The second-order valence-corrected chi connectivity index (χ2v) is 6.60. The van der Waals surface area contributed by atoms with Gasteiger partial charge in [0.2, 0.25) is 0 Å².